The van der Waals surface area contributed by atoms with E-state index in [0.29, 0.717) is 18.5 Å². The second-order valence-electron chi connectivity index (χ2n) is 5.38. The molecule has 0 radical (unpaired) electrons. The van der Waals surface area contributed by atoms with E-state index in [1.165, 1.54) is 0 Å². The van der Waals surface area contributed by atoms with E-state index in [9.17, 15) is 4.79 Å². The van der Waals surface area contributed by atoms with Crippen LogP contribution in [0, 0.1) is 5.92 Å². The fourth-order valence-corrected chi connectivity index (χ4v) is 2.06. The van der Waals surface area contributed by atoms with Gasteiger partial charge in [-0.25, -0.2) is 0 Å². The highest BCUT2D eigenvalue weighted by Crippen LogP contribution is 2.08. The second kappa shape index (κ2) is 6.97. The molecule has 1 aliphatic heterocycles. The summed E-state index contributed by atoms with van der Waals surface area (Å²) in [5, 5.41) is 3.32. The van der Waals surface area contributed by atoms with Crippen LogP contribution in [0.4, 0.5) is 0 Å². The van der Waals surface area contributed by atoms with Crippen molar-refractivity contribution in [3.05, 3.63) is 0 Å². The molecule has 0 aromatic heterocycles. The maximum Gasteiger partial charge on any atom is 0.236 e. The Hall–Kier alpha value is -0.610. The van der Waals surface area contributed by atoms with Gasteiger partial charge in [0.25, 0.3) is 0 Å². The summed E-state index contributed by atoms with van der Waals surface area (Å²) >= 11 is 0. The number of rotatable bonds is 4. The average molecular weight is 241 g/mol. The molecule has 1 aliphatic rings. The van der Waals surface area contributed by atoms with Gasteiger partial charge in [0.05, 0.1) is 6.54 Å². The lowest BCUT2D eigenvalue weighted by atomic mass is 10.1. The van der Waals surface area contributed by atoms with Crippen LogP contribution in [-0.2, 0) is 4.79 Å². The SMILES string of the molecule is CC(C)C(C)N(C)CC(=O)N1CCCNCC1. The molecule has 100 valence electrons. The molecule has 1 unspecified atom stereocenters. The highest BCUT2D eigenvalue weighted by Gasteiger charge is 2.20. The lowest BCUT2D eigenvalue weighted by Crippen LogP contribution is -2.44. The van der Waals surface area contributed by atoms with Crippen molar-refractivity contribution in [3.63, 3.8) is 0 Å². The molecule has 4 heteroatoms. The highest BCUT2D eigenvalue weighted by atomic mass is 16.2. The number of carbonyl (C=O) groups is 1. The van der Waals surface area contributed by atoms with Gasteiger partial charge in [-0.1, -0.05) is 13.8 Å². The Morgan fingerprint density at radius 1 is 1.29 bits per heavy atom. The molecule has 1 rings (SSSR count). The first-order chi connectivity index (χ1) is 8.02. The Labute approximate surface area is 105 Å². The van der Waals surface area contributed by atoms with Gasteiger partial charge in [-0.2, -0.15) is 0 Å². The summed E-state index contributed by atoms with van der Waals surface area (Å²) in [5.74, 6) is 0.849. The van der Waals surface area contributed by atoms with Crippen LogP contribution in [0.5, 0.6) is 0 Å². The molecule has 1 atom stereocenters. The lowest BCUT2D eigenvalue weighted by Gasteiger charge is -2.29. The van der Waals surface area contributed by atoms with Crippen LogP contribution in [0.1, 0.15) is 27.2 Å². The Balaban J connectivity index is 2.41. The standard InChI is InChI=1S/C13H27N3O/c1-11(2)12(3)15(4)10-13(17)16-8-5-6-14-7-9-16/h11-12,14H,5-10H2,1-4H3. The van der Waals surface area contributed by atoms with E-state index in [2.05, 4.69) is 31.0 Å². The van der Waals surface area contributed by atoms with Crippen LogP contribution in [-0.4, -0.2) is 61.5 Å². The van der Waals surface area contributed by atoms with Crippen molar-refractivity contribution in [2.75, 3.05) is 39.8 Å². The van der Waals surface area contributed by atoms with Crippen LogP contribution in [0.2, 0.25) is 0 Å². The third-order valence-corrected chi connectivity index (χ3v) is 3.74. The Morgan fingerprint density at radius 2 is 2.00 bits per heavy atom. The van der Waals surface area contributed by atoms with E-state index >= 15 is 0 Å². The van der Waals surface area contributed by atoms with Crippen molar-refractivity contribution in [3.8, 4) is 0 Å². The van der Waals surface area contributed by atoms with Gasteiger partial charge in [0, 0.05) is 25.7 Å². The van der Waals surface area contributed by atoms with Gasteiger partial charge in [0.2, 0.25) is 5.91 Å². The second-order valence-corrected chi connectivity index (χ2v) is 5.38. The Bertz CT molecular complexity index is 235. The summed E-state index contributed by atoms with van der Waals surface area (Å²) in [6, 6.07) is 0.448. The molecular formula is C13H27N3O. The summed E-state index contributed by atoms with van der Waals surface area (Å²) in [7, 11) is 2.04. The van der Waals surface area contributed by atoms with Gasteiger partial charge in [0.1, 0.15) is 0 Å². The first kappa shape index (κ1) is 14.5. The predicted octanol–water partition coefficient (Wildman–Crippen LogP) is 0.785. The van der Waals surface area contributed by atoms with E-state index in [1.54, 1.807) is 0 Å². The molecule has 0 saturated carbocycles. The van der Waals surface area contributed by atoms with E-state index in [1.807, 2.05) is 11.9 Å². The summed E-state index contributed by atoms with van der Waals surface area (Å²) in [6.07, 6.45) is 1.06. The molecule has 4 nitrogen and oxygen atoms in total. The third-order valence-electron chi connectivity index (χ3n) is 3.74. The van der Waals surface area contributed by atoms with E-state index in [4.69, 9.17) is 0 Å². The number of likely N-dealkylation sites (N-methyl/N-ethyl adjacent to an activating group) is 1. The van der Waals surface area contributed by atoms with Crippen molar-refractivity contribution in [2.45, 2.75) is 33.2 Å². The van der Waals surface area contributed by atoms with E-state index in [0.717, 1.165) is 32.6 Å². The smallest absolute Gasteiger partial charge is 0.236 e. The zero-order valence-corrected chi connectivity index (χ0v) is 11.7. The number of amides is 1. The van der Waals surface area contributed by atoms with Crippen LogP contribution in [0.3, 0.4) is 0 Å². The topological polar surface area (TPSA) is 35.6 Å². The van der Waals surface area contributed by atoms with Gasteiger partial charge in [-0.05, 0) is 32.9 Å². The van der Waals surface area contributed by atoms with Gasteiger partial charge in [-0.3, -0.25) is 9.69 Å². The quantitative estimate of drug-likeness (QED) is 0.790. The zero-order valence-electron chi connectivity index (χ0n) is 11.7. The van der Waals surface area contributed by atoms with Crippen LogP contribution in [0.25, 0.3) is 0 Å². The van der Waals surface area contributed by atoms with Gasteiger partial charge in [-0.15, -0.1) is 0 Å². The average Bonchev–Trinajstić information content (AvgIpc) is 2.56. The molecule has 17 heavy (non-hydrogen) atoms. The number of nitrogens with zero attached hydrogens (tertiary/aromatic N) is 2. The molecule has 0 bridgehead atoms. The Morgan fingerprint density at radius 3 is 2.65 bits per heavy atom. The molecule has 1 fully saturated rings. The number of carbonyl (C=O) groups excluding carboxylic acids is 1. The van der Waals surface area contributed by atoms with Gasteiger partial charge in [0.15, 0.2) is 0 Å². The number of hydrogen-bond acceptors (Lipinski definition) is 3. The normalized spacial score (nSPS) is 19.5. The lowest BCUT2D eigenvalue weighted by molar-refractivity contribution is -0.132. The van der Waals surface area contributed by atoms with Gasteiger partial charge >= 0.3 is 0 Å². The Kier molecular flexibility index (Phi) is 5.92. The van der Waals surface area contributed by atoms with Crippen LogP contribution < -0.4 is 5.32 Å². The molecule has 0 aromatic rings. The maximum absolute atomic E-state index is 12.1. The molecule has 1 N–H and O–H groups in total. The van der Waals surface area contributed by atoms with Crippen molar-refractivity contribution in [1.82, 2.24) is 15.1 Å². The minimum absolute atomic E-state index is 0.267. The van der Waals surface area contributed by atoms with Crippen LogP contribution >= 0.6 is 0 Å². The van der Waals surface area contributed by atoms with Crippen molar-refractivity contribution >= 4 is 5.91 Å². The molecule has 1 heterocycles. The largest absolute Gasteiger partial charge is 0.340 e. The van der Waals surface area contributed by atoms with Crippen molar-refractivity contribution < 1.29 is 4.79 Å². The first-order valence-corrected chi connectivity index (χ1v) is 6.71. The predicted molar refractivity (Wildman–Crippen MR) is 71.0 cm³/mol. The first-order valence-electron chi connectivity index (χ1n) is 6.71. The third kappa shape index (κ3) is 4.64. The van der Waals surface area contributed by atoms with Gasteiger partial charge < -0.3 is 10.2 Å². The minimum Gasteiger partial charge on any atom is -0.340 e. The molecule has 0 aliphatic carbocycles. The monoisotopic (exact) mass is 241 g/mol. The minimum atomic E-state index is 0.267. The maximum atomic E-state index is 12.1. The zero-order chi connectivity index (χ0) is 12.8. The van der Waals surface area contributed by atoms with E-state index < -0.39 is 0 Å². The summed E-state index contributed by atoms with van der Waals surface area (Å²) in [4.78, 5) is 16.3. The van der Waals surface area contributed by atoms with Crippen LogP contribution in [0.15, 0.2) is 0 Å². The fraction of sp³-hybridized carbons (Fsp3) is 0.923. The number of hydrogen-bond donors (Lipinski definition) is 1. The summed E-state index contributed by atoms with van der Waals surface area (Å²) < 4.78 is 0. The van der Waals surface area contributed by atoms with E-state index in [-0.39, 0.29) is 5.91 Å². The fourth-order valence-electron chi connectivity index (χ4n) is 2.06. The molecule has 0 spiro atoms. The van der Waals surface area contributed by atoms with Crippen molar-refractivity contribution in [2.24, 2.45) is 5.92 Å². The number of nitrogens with one attached hydrogen (secondary N) is 1. The molecule has 0 aromatic carbocycles. The van der Waals surface area contributed by atoms with Crippen molar-refractivity contribution in [1.29, 1.82) is 0 Å². The highest BCUT2D eigenvalue weighted by molar-refractivity contribution is 5.78. The molecule has 1 amide bonds. The summed E-state index contributed by atoms with van der Waals surface area (Å²) in [6.45, 7) is 10.8. The summed E-state index contributed by atoms with van der Waals surface area (Å²) in [5.41, 5.74) is 0. The molecular weight excluding hydrogens is 214 g/mol. The molecule has 1 saturated heterocycles.